The molecule has 0 amide bonds. The molecule has 6 radical (unpaired) electrons. The van der Waals surface area contributed by atoms with Gasteiger partial charge in [0.25, 0.3) is 0 Å². The van der Waals surface area contributed by atoms with Gasteiger partial charge in [0.2, 0.25) is 0 Å². The molecule has 0 rings (SSSR count). The molecule has 0 saturated carbocycles. The van der Waals surface area contributed by atoms with Gasteiger partial charge in [0.05, 0.1) is 15.7 Å². The zero-order chi connectivity index (χ0) is 13.1. The quantitative estimate of drug-likeness (QED) is 0.319. The first-order valence-corrected chi connectivity index (χ1v) is 4.97. The summed E-state index contributed by atoms with van der Waals surface area (Å²) in [5.41, 5.74) is 4.35. The van der Waals surface area contributed by atoms with E-state index in [4.69, 9.17) is 34.0 Å². The van der Waals surface area contributed by atoms with Crippen LogP contribution in [0.15, 0.2) is 10.8 Å². The maximum atomic E-state index is 11.4. The summed E-state index contributed by atoms with van der Waals surface area (Å²) < 4.78 is 5.03. The van der Waals surface area contributed by atoms with Crippen LogP contribution in [-0.4, -0.2) is 35.2 Å². The van der Waals surface area contributed by atoms with Crippen molar-refractivity contribution in [2.75, 3.05) is 0 Å². The van der Waals surface area contributed by atoms with Crippen molar-refractivity contribution >= 4 is 29.5 Å². The van der Waals surface area contributed by atoms with Crippen LogP contribution < -0.4 is 5.73 Å². The lowest BCUT2D eigenvalue weighted by atomic mass is 9.69. The van der Waals surface area contributed by atoms with Crippen molar-refractivity contribution in [3.05, 3.63) is 10.8 Å². The zero-order valence-corrected chi connectivity index (χ0v) is 10.3. The van der Waals surface area contributed by atoms with Gasteiger partial charge in [-0.3, -0.25) is 5.73 Å². The van der Waals surface area contributed by atoms with Crippen molar-refractivity contribution in [2.45, 2.75) is 39.8 Å². The molecule has 0 spiro atoms. The van der Waals surface area contributed by atoms with E-state index in [1.54, 1.807) is 6.92 Å². The Morgan fingerprint density at radius 2 is 1.62 bits per heavy atom. The summed E-state index contributed by atoms with van der Waals surface area (Å²) >= 11 is 0. The minimum absolute atomic E-state index is 0.0729. The second kappa shape index (κ2) is 5.13. The molecule has 3 nitrogen and oxygen atoms in total. The maximum absolute atomic E-state index is 11.4. The van der Waals surface area contributed by atoms with Crippen molar-refractivity contribution in [2.24, 2.45) is 11.1 Å². The molecule has 6 heteroatoms. The van der Waals surface area contributed by atoms with E-state index in [2.05, 4.69) is 0 Å². The molecule has 16 heavy (non-hydrogen) atoms. The Morgan fingerprint density at radius 3 is 1.94 bits per heavy atom. The van der Waals surface area contributed by atoms with Gasteiger partial charge in [-0.1, -0.05) is 20.8 Å². The van der Waals surface area contributed by atoms with Gasteiger partial charge in [0.15, 0.2) is 5.72 Å². The lowest BCUT2D eigenvalue weighted by Crippen LogP contribution is -2.44. The van der Waals surface area contributed by atoms with E-state index < -0.39 is 11.7 Å². The number of nitrogens with two attached hydrogens (primary N) is 1. The average molecular weight is 215 g/mol. The van der Waals surface area contributed by atoms with Crippen molar-refractivity contribution < 1.29 is 9.53 Å². The fourth-order valence-electron chi connectivity index (χ4n) is 1.47. The van der Waals surface area contributed by atoms with Crippen LogP contribution >= 0.6 is 0 Å². The van der Waals surface area contributed by atoms with E-state index in [-0.39, 0.29) is 16.3 Å². The van der Waals surface area contributed by atoms with Crippen LogP contribution in [0, 0.1) is 5.41 Å². The number of hydrogen-bond acceptors (Lipinski definition) is 3. The first kappa shape index (κ1) is 15.4. The summed E-state index contributed by atoms with van der Waals surface area (Å²) in [6, 6.07) is 0. The molecule has 0 aliphatic carbocycles. The smallest absolute Gasteiger partial charge is 0.323 e. The summed E-state index contributed by atoms with van der Waals surface area (Å²) in [5.74, 6) is -0.797. The third kappa shape index (κ3) is 6.06. The van der Waals surface area contributed by atoms with E-state index in [0.29, 0.717) is 6.42 Å². The standard InChI is InChI=1S/C10H16B3NO2/c1-9(2,3)5-10(4,14)16-8(15)6(11)7(12)13/h5,14H2,1-4H3. The first-order chi connectivity index (χ1) is 6.94. The summed E-state index contributed by atoms with van der Waals surface area (Å²) in [6.45, 7) is 7.57. The zero-order valence-electron chi connectivity index (χ0n) is 10.3. The molecule has 0 saturated heterocycles. The number of hydrogen-bond donors (Lipinski definition) is 1. The molecule has 0 bridgehead atoms. The van der Waals surface area contributed by atoms with Crippen molar-refractivity contribution in [1.82, 2.24) is 0 Å². The Balaban J connectivity index is 4.62. The number of carbonyl (C=O) groups excluding carboxylic acids is 1. The Hall–Kier alpha value is -0.635. The highest BCUT2D eigenvalue weighted by Gasteiger charge is 2.29. The molecule has 2 N–H and O–H groups in total. The topological polar surface area (TPSA) is 52.3 Å². The highest BCUT2D eigenvalue weighted by Crippen LogP contribution is 2.26. The summed E-state index contributed by atoms with van der Waals surface area (Å²) in [4.78, 5) is 11.4. The number of ether oxygens (including phenoxy) is 1. The second-order valence-electron chi connectivity index (χ2n) is 5.31. The van der Waals surface area contributed by atoms with Gasteiger partial charge >= 0.3 is 5.97 Å². The molecule has 1 atom stereocenters. The van der Waals surface area contributed by atoms with Crippen LogP contribution in [0.2, 0.25) is 0 Å². The SMILES string of the molecule is [B]C([B])=C([B])C(=O)OC(C)(N)CC(C)(C)C. The highest BCUT2D eigenvalue weighted by molar-refractivity contribution is 6.55. The summed E-state index contributed by atoms with van der Waals surface area (Å²) in [6.07, 6.45) is 0.490. The Labute approximate surface area is 101 Å². The molecular formula is C10H16B3NO2. The number of esters is 1. The maximum Gasteiger partial charge on any atom is 0.323 e. The Kier molecular flexibility index (Phi) is 4.93. The lowest BCUT2D eigenvalue weighted by Gasteiger charge is -2.32. The van der Waals surface area contributed by atoms with Gasteiger partial charge in [-0.25, -0.2) is 4.79 Å². The van der Waals surface area contributed by atoms with Crippen LogP contribution in [0.3, 0.4) is 0 Å². The van der Waals surface area contributed by atoms with Crippen LogP contribution in [0.4, 0.5) is 0 Å². The first-order valence-electron chi connectivity index (χ1n) is 4.97. The fourth-order valence-corrected chi connectivity index (χ4v) is 1.47. The molecular weight excluding hydrogens is 199 g/mol. The predicted octanol–water partition coefficient (Wildman–Crippen LogP) is 0.315. The van der Waals surface area contributed by atoms with Crippen LogP contribution in [0.25, 0.3) is 0 Å². The molecule has 0 aromatic heterocycles. The monoisotopic (exact) mass is 215 g/mol. The highest BCUT2D eigenvalue weighted by atomic mass is 16.6. The molecule has 0 heterocycles. The third-order valence-corrected chi connectivity index (χ3v) is 1.74. The van der Waals surface area contributed by atoms with E-state index in [9.17, 15) is 4.79 Å². The molecule has 0 aromatic carbocycles. The average Bonchev–Trinajstić information content (AvgIpc) is 1.96. The number of carbonyl (C=O) groups is 1. The molecule has 1 unspecified atom stereocenters. The van der Waals surface area contributed by atoms with Crippen LogP contribution in [0.5, 0.6) is 0 Å². The van der Waals surface area contributed by atoms with Crippen LogP contribution in [-0.2, 0) is 9.53 Å². The van der Waals surface area contributed by atoms with E-state index in [1.165, 1.54) is 0 Å². The largest absolute Gasteiger partial charge is 0.442 e. The second-order valence-corrected chi connectivity index (χ2v) is 5.31. The van der Waals surface area contributed by atoms with Crippen molar-refractivity contribution in [1.29, 1.82) is 0 Å². The van der Waals surface area contributed by atoms with Gasteiger partial charge in [0, 0.05) is 6.42 Å². The van der Waals surface area contributed by atoms with Crippen molar-refractivity contribution in [3.63, 3.8) is 0 Å². The predicted molar refractivity (Wildman–Crippen MR) is 67.0 cm³/mol. The molecule has 0 aliphatic heterocycles. The van der Waals surface area contributed by atoms with Gasteiger partial charge < -0.3 is 4.74 Å². The summed E-state index contributed by atoms with van der Waals surface area (Å²) in [7, 11) is 15.7. The third-order valence-electron chi connectivity index (χ3n) is 1.74. The lowest BCUT2D eigenvalue weighted by molar-refractivity contribution is -0.154. The normalized spacial score (nSPS) is 15.1. The minimum Gasteiger partial charge on any atom is -0.442 e. The fraction of sp³-hybridized carbons (Fsp3) is 0.700. The van der Waals surface area contributed by atoms with E-state index in [0.717, 1.165) is 0 Å². The van der Waals surface area contributed by atoms with Gasteiger partial charge in [-0.15, -0.1) is 0 Å². The molecule has 0 fully saturated rings. The summed E-state index contributed by atoms with van der Waals surface area (Å²) in [5, 5.41) is -0.267. The number of rotatable bonds is 3. The Morgan fingerprint density at radius 1 is 1.19 bits per heavy atom. The van der Waals surface area contributed by atoms with E-state index in [1.807, 2.05) is 20.8 Å². The van der Waals surface area contributed by atoms with Crippen LogP contribution in [0.1, 0.15) is 34.1 Å². The molecule has 82 valence electrons. The Bertz CT molecular complexity index is 302. The van der Waals surface area contributed by atoms with Gasteiger partial charge in [-0.05, 0) is 17.8 Å². The van der Waals surface area contributed by atoms with Crippen molar-refractivity contribution in [3.8, 4) is 0 Å². The van der Waals surface area contributed by atoms with E-state index >= 15 is 0 Å². The minimum atomic E-state index is -1.10. The van der Waals surface area contributed by atoms with Gasteiger partial charge in [0.1, 0.15) is 7.85 Å². The van der Waals surface area contributed by atoms with Gasteiger partial charge in [-0.2, -0.15) is 5.37 Å². The molecule has 0 aliphatic rings. The molecule has 0 aromatic rings.